The highest BCUT2D eigenvalue weighted by Gasteiger charge is 2.29. The van der Waals surface area contributed by atoms with Crippen LogP contribution in [-0.4, -0.2) is 49.1 Å². The van der Waals surface area contributed by atoms with Crippen molar-refractivity contribution in [2.24, 2.45) is 11.7 Å². The third-order valence-corrected chi connectivity index (χ3v) is 4.68. The van der Waals surface area contributed by atoms with Gasteiger partial charge in [-0.3, -0.25) is 9.59 Å². The molecule has 24 heavy (non-hydrogen) atoms. The van der Waals surface area contributed by atoms with Gasteiger partial charge in [0.05, 0.1) is 17.6 Å². The summed E-state index contributed by atoms with van der Waals surface area (Å²) in [6, 6.07) is 7.24. The van der Waals surface area contributed by atoms with E-state index < -0.39 is 0 Å². The van der Waals surface area contributed by atoms with E-state index >= 15 is 0 Å². The second kappa shape index (κ2) is 7.66. The van der Waals surface area contributed by atoms with Crippen molar-refractivity contribution in [3.8, 4) is 5.75 Å². The van der Waals surface area contributed by atoms with E-state index in [1.54, 1.807) is 17.0 Å². The molecule has 2 heterocycles. The molecule has 6 heteroatoms. The Labute approximate surface area is 141 Å². The second-order valence-corrected chi connectivity index (χ2v) is 6.43. The molecule has 2 atom stereocenters. The van der Waals surface area contributed by atoms with Crippen LogP contribution in [0.3, 0.4) is 0 Å². The first-order chi connectivity index (χ1) is 11.6. The smallest absolute Gasteiger partial charge is 0.257 e. The zero-order chi connectivity index (χ0) is 16.9. The average Bonchev–Trinajstić information content (AvgIpc) is 3.13. The number of ether oxygens (including phenoxy) is 2. The number of amides is 2. The quantitative estimate of drug-likeness (QED) is 0.887. The maximum absolute atomic E-state index is 12.8. The van der Waals surface area contributed by atoms with E-state index in [4.69, 9.17) is 15.2 Å². The Hall–Kier alpha value is -2.08. The van der Waals surface area contributed by atoms with Gasteiger partial charge in [-0.25, -0.2) is 0 Å². The fraction of sp³-hybridized carbons (Fsp3) is 0.556. The number of hydrogen-bond acceptors (Lipinski definition) is 4. The normalized spacial score (nSPS) is 23.9. The zero-order valence-corrected chi connectivity index (χ0v) is 13.8. The molecule has 0 saturated carbocycles. The SMILES string of the molecule is NC(=O)C1CCCN(C(=O)c2ccccc2OCC2CCCO2)C1. The summed E-state index contributed by atoms with van der Waals surface area (Å²) in [4.78, 5) is 26.0. The Balaban J connectivity index is 1.68. The van der Waals surface area contributed by atoms with Gasteiger partial charge in [0.25, 0.3) is 5.91 Å². The molecule has 2 aliphatic rings. The highest BCUT2D eigenvalue weighted by atomic mass is 16.5. The van der Waals surface area contributed by atoms with Crippen LogP contribution in [0, 0.1) is 5.92 Å². The first-order valence-corrected chi connectivity index (χ1v) is 8.57. The number of para-hydroxylation sites is 1. The topological polar surface area (TPSA) is 81.9 Å². The summed E-state index contributed by atoms with van der Waals surface area (Å²) in [5.41, 5.74) is 5.93. The van der Waals surface area contributed by atoms with Crippen LogP contribution < -0.4 is 10.5 Å². The summed E-state index contributed by atoms with van der Waals surface area (Å²) in [6.07, 6.45) is 3.68. The van der Waals surface area contributed by atoms with Crippen molar-refractivity contribution < 1.29 is 19.1 Å². The minimum atomic E-state index is -0.338. The Morgan fingerprint density at radius 1 is 1.25 bits per heavy atom. The molecule has 2 N–H and O–H groups in total. The van der Waals surface area contributed by atoms with E-state index in [-0.39, 0.29) is 23.8 Å². The number of piperidine rings is 1. The predicted octanol–water partition coefficient (Wildman–Crippen LogP) is 1.58. The first kappa shape index (κ1) is 16.8. The molecule has 6 nitrogen and oxygen atoms in total. The van der Waals surface area contributed by atoms with Gasteiger partial charge in [-0.05, 0) is 37.8 Å². The van der Waals surface area contributed by atoms with Gasteiger partial charge in [0, 0.05) is 19.7 Å². The highest BCUT2D eigenvalue weighted by molar-refractivity contribution is 5.97. The van der Waals surface area contributed by atoms with Crippen LogP contribution in [0.1, 0.15) is 36.0 Å². The van der Waals surface area contributed by atoms with E-state index in [0.29, 0.717) is 31.0 Å². The van der Waals surface area contributed by atoms with Gasteiger partial charge in [0.1, 0.15) is 12.4 Å². The molecule has 0 bridgehead atoms. The number of rotatable bonds is 5. The summed E-state index contributed by atoms with van der Waals surface area (Å²) in [5.74, 6) is -0.138. The van der Waals surface area contributed by atoms with Gasteiger partial charge in [-0.15, -0.1) is 0 Å². The van der Waals surface area contributed by atoms with Crippen molar-refractivity contribution >= 4 is 11.8 Å². The molecule has 1 aromatic carbocycles. The zero-order valence-electron chi connectivity index (χ0n) is 13.8. The van der Waals surface area contributed by atoms with Crippen LogP contribution in [0.5, 0.6) is 5.75 Å². The number of carbonyl (C=O) groups excluding carboxylic acids is 2. The van der Waals surface area contributed by atoms with Crippen molar-refractivity contribution in [2.75, 3.05) is 26.3 Å². The molecule has 2 saturated heterocycles. The molecule has 2 unspecified atom stereocenters. The first-order valence-electron chi connectivity index (χ1n) is 8.57. The van der Waals surface area contributed by atoms with E-state index in [0.717, 1.165) is 32.3 Å². The molecule has 0 aliphatic carbocycles. The fourth-order valence-electron chi connectivity index (χ4n) is 3.29. The predicted molar refractivity (Wildman–Crippen MR) is 88.7 cm³/mol. The molecule has 2 amide bonds. The summed E-state index contributed by atoms with van der Waals surface area (Å²) >= 11 is 0. The molecule has 0 spiro atoms. The van der Waals surface area contributed by atoms with Crippen LogP contribution >= 0.6 is 0 Å². The number of primary amides is 1. The Morgan fingerprint density at radius 2 is 2.08 bits per heavy atom. The number of carbonyl (C=O) groups is 2. The fourth-order valence-corrected chi connectivity index (χ4v) is 3.29. The number of benzene rings is 1. The number of likely N-dealkylation sites (tertiary alicyclic amines) is 1. The lowest BCUT2D eigenvalue weighted by Gasteiger charge is -2.31. The second-order valence-electron chi connectivity index (χ2n) is 6.43. The van der Waals surface area contributed by atoms with E-state index in [1.807, 2.05) is 12.1 Å². The Kier molecular flexibility index (Phi) is 5.35. The summed E-state index contributed by atoms with van der Waals surface area (Å²) in [6.45, 7) is 2.25. The maximum Gasteiger partial charge on any atom is 0.257 e. The lowest BCUT2D eigenvalue weighted by atomic mass is 9.97. The van der Waals surface area contributed by atoms with Crippen molar-refractivity contribution in [1.29, 1.82) is 0 Å². The maximum atomic E-state index is 12.8. The summed E-state index contributed by atoms with van der Waals surface area (Å²) in [7, 11) is 0. The average molecular weight is 332 g/mol. The Bertz CT molecular complexity index is 598. The van der Waals surface area contributed by atoms with Gasteiger partial charge >= 0.3 is 0 Å². The van der Waals surface area contributed by atoms with Crippen LogP contribution in [0.4, 0.5) is 0 Å². The standard InChI is InChI=1S/C18H24N2O4/c19-17(21)13-5-3-9-20(11-13)18(22)15-7-1-2-8-16(15)24-12-14-6-4-10-23-14/h1-2,7-8,13-14H,3-6,9-12H2,(H2,19,21). The lowest BCUT2D eigenvalue weighted by Crippen LogP contribution is -2.44. The molecule has 2 fully saturated rings. The summed E-state index contributed by atoms with van der Waals surface area (Å²) < 4.78 is 11.4. The van der Waals surface area contributed by atoms with Crippen LogP contribution in [0.15, 0.2) is 24.3 Å². The van der Waals surface area contributed by atoms with Crippen LogP contribution in [-0.2, 0) is 9.53 Å². The van der Waals surface area contributed by atoms with Crippen LogP contribution in [0.25, 0.3) is 0 Å². The molecule has 130 valence electrons. The van der Waals surface area contributed by atoms with Gasteiger partial charge < -0.3 is 20.1 Å². The molecular formula is C18H24N2O4. The van der Waals surface area contributed by atoms with Crippen molar-refractivity contribution in [3.63, 3.8) is 0 Å². The molecule has 1 aromatic rings. The van der Waals surface area contributed by atoms with Gasteiger partial charge in [-0.1, -0.05) is 12.1 Å². The number of hydrogen-bond donors (Lipinski definition) is 1. The third-order valence-electron chi connectivity index (χ3n) is 4.68. The molecule has 3 rings (SSSR count). The van der Waals surface area contributed by atoms with E-state index in [9.17, 15) is 9.59 Å². The van der Waals surface area contributed by atoms with Gasteiger partial charge in [0.15, 0.2) is 0 Å². The van der Waals surface area contributed by atoms with Crippen molar-refractivity contribution in [2.45, 2.75) is 31.8 Å². The van der Waals surface area contributed by atoms with Crippen LogP contribution in [0.2, 0.25) is 0 Å². The Morgan fingerprint density at radius 3 is 2.83 bits per heavy atom. The summed E-state index contributed by atoms with van der Waals surface area (Å²) in [5, 5.41) is 0. The van der Waals surface area contributed by atoms with Gasteiger partial charge in [0.2, 0.25) is 5.91 Å². The van der Waals surface area contributed by atoms with E-state index in [1.165, 1.54) is 0 Å². The molecule has 2 aliphatic heterocycles. The highest BCUT2D eigenvalue weighted by Crippen LogP contribution is 2.24. The van der Waals surface area contributed by atoms with Crippen molar-refractivity contribution in [3.05, 3.63) is 29.8 Å². The largest absolute Gasteiger partial charge is 0.490 e. The number of nitrogens with two attached hydrogens (primary N) is 1. The van der Waals surface area contributed by atoms with E-state index in [2.05, 4.69) is 0 Å². The third kappa shape index (κ3) is 3.87. The molecular weight excluding hydrogens is 308 g/mol. The lowest BCUT2D eigenvalue weighted by molar-refractivity contribution is -0.123. The minimum absolute atomic E-state index is 0.0994. The van der Waals surface area contributed by atoms with Gasteiger partial charge in [-0.2, -0.15) is 0 Å². The minimum Gasteiger partial charge on any atom is -0.490 e. The number of nitrogens with zero attached hydrogens (tertiary/aromatic N) is 1. The molecule has 0 aromatic heterocycles. The van der Waals surface area contributed by atoms with Crippen molar-refractivity contribution in [1.82, 2.24) is 4.90 Å². The monoisotopic (exact) mass is 332 g/mol. The molecule has 0 radical (unpaired) electrons.